The number of carbonyl (C=O) groups excluding carboxylic acids is 1. The first-order valence-corrected chi connectivity index (χ1v) is 19.5. The van der Waals surface area contributed by atoms with Gasteiger partial charge in [0.2, 0.25) is 5.91 Å². The van der Waals surface area contributed by atoms with Gasteiger partial charge in [-0.05, 0) is 19.3 Å². The van der Waals surface area contributed by atoms with Crippen LogP contribution in [0.5, 0.6) is 0 Å². The lowest BCUT2D eigenvalue weighted by Gasteiger charge is -2.29. The fourth-order valence-electron chi connectivity index (χ4n) is 5.03. The van der Waals surface area contributed by atoms with Gasteiger partial charge in [-0.3, -0.25) is 9.36 Å². The summed E-state index contributed by atoms with van der Waals surface area (Å²) in [6.07, 6.45) is 28.3. The van der Waals surface area contributed by atoms with Crippen molar-refractivity contribution in [2.45, 2.75) is 167 Å². The van der Waals surface area contributed by atoms with E-state index in [2.05, 4.69) is 19.2 Å². The molecular weight excluding hydrogens is 575 g/mol. The van der Waals surface area contributed by atoms with Crippen LogP contribution in [0.2, 0.25) is 0 Å². The van der Waals surface area contributed by atoms with E-state index < -0.39 is 20.0 Å². The summed E-state index contributed by atoms with van der Waals surface area (Å²) in [5.74, 6) is -0.204. The number of nitrogens with one attached hydrogen (secondary N) is 1. The molecule has 3 atom stereocenters. The number of nitrogens with zero attached hydrogens (tertiary/aromatic N) is 1. The third kappa shape index (κ3) is 29.9. The summed E-state index contributed by atoms with van der Waals surface area (Å²) in [7, 11) is 1.26. The van der Waals surface area contributed by atoms with E-state index in [0.717, 1.165) is 38.5 Å². The Kier molecular flexibility index (Phi) is 28.0. The molecule has 0 saturated heterocycles. The predicted octanol–water partition coefficient (Wildman–Crippen LogP) is 8.22. The molecule has 1 amide bonds. The molecule has 0 bridgehead atoms. The highest BCUT2D eigenvalue weighted by Gasteiger charge is 2.23. The molecule has 0 rings (SSSR count). The zero-order valence-corrected chi connectivity index (χ0v) is 30.3. The van der Waals surface area contributed by atoms with Crippen molar-refractivity contribution >= 4 is 13.7 Å². The maximum Gasteiger partial charge on any atom is 0.268 e. The normalized spacial score (nSPS) is 15.0. The molecule has 2 N–H and O–H groups in total. The third-order valence-corrected chi connectivity index (χ3v) is 8.96. The molecule has 0 aromatic carbocycles. The molecule has 0 spiro atoms. The van der Waals surface area contributed by atoms with Crippen LogP contribution < -0.4 is 10.2 Å². The second-order valence-corrected chi connectivity index (χ2v) is 15.0. The van der Waals surface area contributed by atoms with E-state index in [0.29, 0.717) is 17.4 Å². The SMILES string of the molecule is CCCCCCCCCCCCCC/C=C/C(O)C(COP(=O)([O-])OCC[N+](C)(C)C)NC(=O)CCCCCCCCCC. The zero-order valence-electron chi connectivity index (χ0n) is 29.4. The standard InChI is InChI=1S/C35H71N2O6P/c1-6-8-10-12-14-16-17-18-19-20-21-22-24-26-28-34(38)33(32-43-44(40,41)42-31-30-37(3,4)5)36-35(39)29-27-25-23-15-13-11-9-7-2/h26,28,33-34,38H,6-25,27,29-32H2,1-5H3,(H-,36,39,40,41)/b28-26+. The minimum atomic E-state index is -4.57. The van der Waals surface area contributed by atoms with Crippen LogP contribution in [0, 0.1) is 0 Å². The van der Waals surface area contributed by atoms with Gasteiger partial charge in [0.05, 0.1) is 39.9 Å². The number of hydrogen-bond acceptors (Lipinski definition) is 6. The van der Waals surface area contributed by atoms with Gasteiger partial charge >= 0.3 is 0 Å². The van der Waals surface area contributed by atoms with Crippen LogP contribution in [0.15, 0.2) is 12.2 Å². The van der Waals surface area contributed by atoms with Crippen LogP contribution in [-0.4, -0.2) is 68.5 Å². The molecule has 0 heterocycles. The number of carbonyl (C=O) groups is 1. The van der Waals surface area contributed by atoms with Gasteiger partial charge in [-0.15, -0.1) is 0 Å². The molecule has 8 nitrogen and oxygen atoms in total. The van der Waals surface area contributed by atoms with Gasteiger partial charge in [-0.1, -0.05) is 142 Å². The average Bonchev–Trinajstić information content (AvgIpc) is 2.95. The van der Waals surface area contributed by atoms with Gasteiger partial charge in [0.25, 0.3) is 7.82 Å². The molecule has 0 aromatic rings. The highest BCUT2D eigenvalue weighted by molar-refractivity contribution is 7.45. The number of phosphoric ester groups is 1. The Balaban J connectivity index is 4.55. The summed E-state index contributed by atoms with van der Waals surface area (Å²) in [6.45, 7) is 4.59. The van der Waals surface area contributed by atoms with Gasteiger partial charge in [0, 0.05) is 6.42 Å². The highest BCUT2D eigenvalue weighted by Crippen LogP contribution is 2.38. The summed E-state index contributed by atoms with van der Waals surface area (Å²) < 4.78 is 23.0. The van der Waals surface area contributed by atoms with Crippen molar-refractivity contribution in [1.29, 1.82) is 0 Å². The monoisotopic (exact) mass is 647 g/mol. The lowest BCUT2D eigenvalue weighted by atomic mass is 10.0. The summed E-state index contributed by atoms with van der Waals surface area (Å²) in [4.78, 5) is 25.0. The molecule has 0 aliphatic rings. The Morgan fingerprint density at radius 3 is 1.70 bits per heavy atom. The van der Waals surface area contributed by atoms with Crippen LogP contribution >= 0.6 is 7.82 Å². The number of aliphatic hydroxyl groups excluding tert-OH is 1. The number of hydrogen-bond donors (Lipinski definition) is 2. The van der Waals surface area contributed by atoms with Crippen molar-refractivity contribution in [2.75, 3.05) is 40.9 Å². The van der Waals surface area contributed by atoms with Gasteiger partial charge in [-0.2, -0.15) is 0 Å². The number of allylic oxidation sites excluding steroid dienone is 1. The topological polar surface area (TPSA) is 108 Å². The number of amides is 1. The maximum absolute atomic E-state index is 12.7. The van der Waals surface area contributed by atoms with E-state index in [4.69, 9.17) is 9.05 Å². The minimum Gasteiger partial charge on any atom is -0.756 e. The van der Waals surface area contributed by atoms with E-state index >= 15 is 0 Å². The average molecular weight is 647 g/mol. The molecule has 9 heteroatoms. The Labute approximate surface area is 272 Å². The van der Waals surface area contributed by atoms with E-state index in [1.165, 1.54) is 96.3 Å². The van der Waals surface area contributed by atoms with Gasteiger partial charge in [0.1, 0.15) is 13.2 Å². The van der Waals surface area contributed by atoms with Crippen LogP contribution in [0.3, 0.4) is 0 Å². The highest BCUT2D eigenvalue weighted by atomic mass is 31.2. The van der Waals surface area contributed by atoms with Crippen molar-refractivity contribution in [2.24, 2.45) is 0 Å². The number of phosphoric acid groups is 1. The van der Waals surface area contributed by atoms with Crippen molar-refractivity contribution in [3.8, 4) is 0 Å². The second kappa shape index (κ2) is 28.5. The zero-order chi connectivity index (χ0) is 32.9. The van der Waals surface area contributed by atoms with E-state index in [1.54, 1.807) is 6.08 Å². The molecule has 0 aliphatic heterocycles. The van der Waals surface area contributed by atoms with Crippen LogP contribution in [0.1, 0.15) is 155 Å². The first-order chi connectivity index (χ1) is 21.0. The lowest BCUT2D eigenvalue weighted by molar-refractivity contribution is -0.870. The number of likely N-dealkylation sites (N-methyl/N-ethyl adjacent to an activating group) is 1. The van der Waals surface area contributed by atoms with Crippen LogP contribution in [0.25, 0.3) is 0 Å². The molecule has 44 heavy (non-hydrogen) atoms. The smallest absolute Gasteiger partial charge is 0.268 e. The molecular formula is C35H71N2O6P. The predicted molar refractivity (Wildman–Crippen MR) is 182 cm³/mol. The van der Waals surface area contributed by atoms with Gasteiger partial charge in [-0.25, -0.2) is 0 Å². The fourth-order valence-corrected chi connectivity index (χ4v) is 5.76. The first kappa shape index (κ1) is 43.2. The molecule has 262 valence electrons. The molecule has 0 fully saturated rings. The summed E-state index contributed by atoms with van der Waals surface area (Å²) in [5, 5.41) is 13.6. The number of unbranched alkanes of at least 4 members (excludes halogenated alkanes) is 19. The van der Waals surface area contributed by atoms with Crippen molar-refractivity contribution in [3.63, 3.8) is 0 Å². The Morgan fingerprint density at radius 2 is 1.23 bits per heavy atom. The Hall–Kier alpha value is -0.760. The molecule has 0 aromatic heterocycles. The van der Waals surface area contributed by atoms with Crippen molar-refractivity contribution < 1.29 is 32.9 Å². The minimum absolute atomic E-state index is 0.00124. The van der Waals surface area contributed by atoms with E-state index in [1.807, 2.05) is 27.2 Å². The summed E-state index contributed by atoms with van der Waals surface area (Å²) in [6, 6.07) is -0.876. The van der Waals surface area contributed by atoms with Gasteiger partial charge < -0.3 is 28.8 Å². The summed E-state index contributed by atoms with van der Waals surface area (Å²) in [5.41, 5.74) is 0. The lowest BCUT2D eigenvalue weighted by Crippen LogP contribution is -2.45. The van der Waals surface area contributed by atoms with E-state index in [-0.39, 0.29) is 19.1 Å². The number of quaternary nitrogens is 1. The molecule has 0 aliphatic carbocycles. The third-order valence-electron chi connectivity index (χ3n) is 8.00. The first-order valence-electron chi connectivity index (χ1n) is 18.1. The largest absolute Gasteiger partial charge is 0.756 e. The van der Waals surface area contributed by atoms with Crippen molar-refractivity contribution in [1.82, 2.24) is 5.32 Å². The molecule has 0 radical (unpaired) electrons. The van der Waals surface area contributed by atoms with E-state index in [9.17, 15) is 19.4 Å². The summed E-state index contributed by atoms with van der Waals surface area (Å²) >= 11 is 0. The fraction of sp³-hybridized carbons (Fsp3) is 0.914. The number of aliphatic hydroxyl groups is 1. The van der Waals surface area contributed by atoms with Crippen LogP contribution in [0.4, 0.5) is 0 Å². The second-order valence-electron chi connectivity index (χ2n) is 13.6. The Bertz CT molecular complexity index is 743. The van der Waals surface area contributed by atoms with Gasteiger partial charge in [0.15, 0.2) is 0 Å². The molecule has 3 unspecified atom stereocenters. The quantitative estimate of drug-likeness (QED) is 0.0330. The van der Waals surface area contributed by atoms with Crippen molar-refractivity contribution in [3.05, 3.63) is 12.2 Å². The Morgan fingerprint density at radius 1 is 0.773 bits per heavy atom. The van der Waals surface area contributed by atoms with Crippen LogP contribution in [-0.2, 0) is 18.4 Å². The number of rotatable bonds is 32. The molecule has 0 saturated carbocycles. The maximum atomic E-state index is 12.7.